The molecule has 3 rings (SSSR count). The summed E-state index contributed by atoms with van der Waals surface area (Å²) in [5.74, 6) is 0.0116. The topological polar surface area (TPSA) is 106 Å². The van der Waals surface area contributed by atoms with Crippen molar-refractivity contribution in [3.05, 3.63) is 18.6 Å². The molecule has 2 amide bonds. The second-order valence-corrected chi connectivity index (χ2v) is 3.97. The third-order valence-electron chi connectivity index (χ3n) is 2.62. The largest absolute Gasteiger partial charge is 0.382 e. The number of imidazole rings is 1. The van der Waals surface area contributed by atoms with E-state index >= 15 is 0 Å². The van der Waals surface area contributed by atoms with Crippen molar-refractivity contribution >= 4 is 29.1 Å². The standard InChI is InChI=1S/C10H10N6O2/c11-6-3-15-2-1-12-9(15)10(13-6)16-4-7(17)14-8(18)5-16/h1-3H,4-5,11H2,(H,14,17,18). The number of amides is 2. The number of carbonyl (C=O) groups excluding carboxylic acids is 2. The van der Waals surface area contributed by atoms with Gasteiger partial charge in [-0.05, 0) is 0 Å². The number of hydrogen-bond donors (Lipinski definition) is 2. The molecular formula is C10H10N6O2. The summed E-state index contributed by atoms with van der Waals surface area (Å²) in [5, 5.41) is 2.23. The fraction of sp³-hybridized carbons (Fsp3) is 0.200. The first-order chi connectivity index (χ1) is 8.63. The molecule has 0 atom stereocenters. The van der Waals surface area contributed by atoms with Crippen molar-refractivity contribution in [3.8, 4) is 0 Å². The predicted octanol–water partition coefficient (Wildman–Crippen LogP) is -1.23. The van der Waals surface area contributed by atoms with E-state index in [1.807, 2.05) is 0 Å². The summed E-state index contributed by atoms with van der Waals surface area (Å²) < 4.78 is 1.70. The Bertz CT molecular complexity index is 633. The third kappa shape index (κ3) is 1.63. The molecule has 0 bridgehead atoms. The van der Waals surface area contributed by atoms with Crippen LogP contribution in [0, 0.1) is 0 Å². The molecule has 1 aliphatic rings. The van der Waals surface area contributed by atoms with Gasteiger partial charge in [-0.2, -0.15) is 0 Å². The van der Waals surface area contributed by atoms with Gasteiger partial charge in [-0.15, -0.1) is 0 Å². The quantitative estimate of drug-likeness (QED) is 0.611. The van der Waals surface area contributed by atoms with Crippen molar-refractivity contribution in [2.45, 2.75) is 0 Å². The van der Waals surface area contributed by atoms with E-state index in [1.54, 1.807) is 27.9 Å². The third-order valence-corrected chi connectivity index (χ3v) is 2.62. The molecule has 3 heterocycles. The van der Waals surface area contributed by atoms with Crippen LogP contribution in [0.4, 0.5) is 11.6 Å². The SMILES string of the molecule is Nc1cn2ccnc2c(N2CC(=O)NC(=O)C2)n1. The molecule has 0 aromatic carbocycles. The molecule has 0 unspecified atom stereocenters. The van der Waals surface area contributed by atoms with Crippen molar-refractivity contribution in [1.29, 1.82) is 0 Å². The Labute approximate surface area is 101 Å². The van der Waals surface area contributed by atoms with E-state index < -0.39 is 0 Å². The molecule has 8 nitrogen and oxygen atoms in total. The number of anilines is 2. The Kier molecular flexibility index (Phi) is 2.15. The first kappa shape index (κ1) is 10.5. The zero-order chi connectivity index (χ0) is 12.7. The summed E-state index contributed by atoms with van der Waals surface area (Å²) in [7, 11) is 0. The summed E-state index contributed by atoms with van der Waals surface area (Å²) in [6, 6.07) is 0. The molecule has 1 fully saturated rings. The summed E-state index contributed by atoms with van der Waals surface area (Å²) in [4.78, 5) is 32.6. The average molecular weight is 246 g/mol. The van der Waals surface area contributed by atoms with Crippen LogP contribution < -0.4 is 16.0 Å². The van der Waals surface area contributed by atoms with E-state index in [0.29, 0.717) is 17.3 Å². The summed E-state index contributed by atoms with van der Waals surface area (Å²) >= 11 is 0. The molecule has 2 aromatic rings. The number of aromatic nitrogens is 3. The molecule has 92 valence electrons. The maximum atomic E-state index is 11.4. The average Bonchev–Trinajstić information content (AvgIpc) is 2.74. The Hall–Kier alpha value is -2.64. The molecule has 0 aliphatic carbocycles. The van der Waals surface area contributed by atoms with Crippen LogP contribution in [0.1, 0.15) is 0 Å². The van der Waals surface area contributed by atoms with Gasteiger partial charge in [0.25, 0.3) is 0 Å². The second-order valence-electron chi connectivity index (χ2n) is 3.97. The lowest BCUT2D eigenvalue weighted by molar-refractivity contribution is -0.130. The lowest BCUT2D eigenvalue weighted by atomic mass is 10.3. The predicted molar refractivity (Wildman–Crippen MR) is 62.8 cm³/mol. The number of nitrogens with one attached hydrogen (secondary N) is 1. The van der Waals surface area contributed by atoms with E-state index in [0.717, 1.165) is 0 Å². The van der Waals surface area contributed by atoms with Crippen LogP contribution in [-0.4, -0.2) is 39.3 Å². The van der Waals surface area contributed by atoms with Crippen LogP contribution in [0.5, 0.6) is 0 Å². The molecular weight excluding hydrogens is 236 g/mol. The number of imide groups is 1. The van der Waals surface area contributed by atoms with Crippen LogP contribution >= 0.6 is 0 Å². The maximum Gasteiger partial charge on any atom is 0.246 e. The van der Waals surface area contributed by atoms with Gasteiger partial charge in [0, 0.05) is 12.4 Å². The number of carbonyl (C=O) groups is 2. The number of nitrogens with two attached hydrogens (primary N) is 1. The van der Waals surface area contributed by atoms with Gasteiger partial charge >= 0.3 is 0 Å². The van der Waals surface area contributed by atoms with Gasteiger partial charge in [0.1, 0.15) is 5.82 Å². The van der Waals surface area contributed by atoms with E-state index in [1.165, 1.54) is 0 Å². The van der Waals surface area contributed by atoms with Gasteiger partial charge < -0.3 is 15.0 Å². The molecule has 0 radical (unpaired) electrons. The van der Waals surface area contributed by atoms with Gasteiger partial charge in [0.2, 0.25) is 11.8 Å². The monoisotopic (exact) mass is 246 g/mol. The van der Waals surface area contributed by atoms with Crippen LogP contribution in [0.15, 0.2) is 18.6 Å². The van der Waals surface area contributed by atoms with Crippen LogP contribution in [0.25, 0.3) is 5.65 Å². The summed E-state index contributed by atoms with van der Waals surface area (Å²) in [5.41, 5.74) is 6.25. The van der Waals surface area contributed by atoms with E-state index in [9.17, 15) is 9.59 Å². The highest BCUT2D eigenvalue weighted by Gasteiger charge is 2.25. The van der Waals surface area contributed by atoms with Crippen molar-refractivity contribution in [2.75, 3.05) is 23.7 Å². The molecule has 0 spiro atoms. The summed E-state index contributed by atoms with van der Waals surface area (Å²) in [6.45, 7) is 0.120. The second kappa shape index (κ2) is 3.69. The van der Waals surface area contributed by atoms with Crippen molar-refractivity contribution in [3.63, 3.8) is 0 Å². The normalized spacial score (nSPS) is 16.1. The number of nitrogens with zero attached hydrogens (tertiary/aromatic N) is 4. The van der Waals surface area contributed by atoms with E-state index in [2.05, 4.69) is 15.3 Å². The number of rotatable bonds is 1. The molecule has 18 heavy (non-hydrogen) atoms. The summed E-state index contributed by atoms with van der Waals surface area (Å²) in [6.07, 6.45) is 4.95. The minimum Gasteiger partial charge on any atom is -0.382 e. The highest BCUT2D eigenvalue weighted by Crippen LogP contribution is 2.19. The molecule has 2 aromatic heterocycles. The lowest BCUT2D eigenvalue weighted by Crippen LogP contribution is -2.51. The van der Waals surface area contributed by atoms with Crippen molar-refractivity contribution in [2.24, 2.45) is 0 Å². The first-order valence-corrected chi connectivity index (χ1v) is 5.30. The highest BCUT2D eigenvalue weighted by atomic mass is 16.2. The molecule has 3 N–H and O–H groups in total. The van der Waals surface area contributed by atoms with E-state index in [-0.39, 0.29) is 24.9 Å². The van der Waals surface area contributed by atoms with Gasteiger partial charge in [-0.1, -0.05) is 0 Å². The zero-order valence-corrected chi connectivity index (χ0v) is 9.33. The number of nitrogen functional groups attached to an aromatic ring is 1. The number of fused-ring (bicyclic) bond motifs is 1. The van der Waals surface area contributed by atoms with Crippen molar-refractivity contribution < 1.29 is 9.59 Å². The van der Waals surface area contributed by atoms with Gasteiger partial charge in [-0.3, -0.25) is 14.9 Å². The Morgan fingerprint density at radius 2 is 2.00 bits per heavy atom. The van der Waals surface area contributed by atoms with Gasteiger partial charge in [-0.25, -0.2) is 9.97 Å². The van der Waals surface area contributed by atoms with Crippen molar-refractivity contribution in [1.82, 2.24) is 19.7 Å². The fourth-order valence-electron chi connectivity index (χ4n) is 1.93. The Morgan fingerprint density at radius 3 is 2.72 bits per heavy atom. The van der Waals surface area contributed by atoms with Crippen LogP contribution in [0.2, 0.25) is 0 Å². The van der Waals surface area contributed by atoms with E-state index in [4.69, 9.17) is 5.73 Å². The first-order valence-electron chi connectivity index (χ1n) is 5.30. The Balaban J connectivity index is 2.10. The van der Waals surface area contributed by atoms with Gasteiger partial charge in [0.05, 0.1) is 19.3 Å². The molecule has 1 saturated heterocycles. The molecule has 1 aliphatic heterocycles. The van der Waals surface area contributed by atoms with Crippen LogP contribution in [-0.2, 0) is 9.59 Å². The molecule has 8 heteroatoms. The maximum absolute atomic E-state index is 11.4. The fourth-order valence-corrected chi connectivity index (χ4v) is 1.93. The Morgan fingerprint density at radius 1 is 1.28 bits per heavy atom. The number of piperazine rings is 1. The minimum atomic E-state index is -0.361. The molecule has 0 saturated carbocycles. The van der Waals surface area contributed by atoms with Gasteiger partial charge in [0.15, 0.2) is 11.5 Å². The number of hydrogen-bond acceptors (Lipinski definition) is 6. The highest BCUT2D eigenvalue weighted by molar-refractivity contribution is 6.03. The minimum absolute atomic E-state index is 0.0602. The van der Waals surface area contributed by atoms with Crippen LogP contribution in [0.3, 0.4) is 0 Å². The smallest absolute Gasteiger partial charge is 0.246 e. The lowest BCUT2D eigenvalue weighted by Gasteiger charge is -2.26. The zero-order valence-electron chi connectivity index (χ0n) is 9.33.